The standard InChI is InChI=1S/C32H38O7S/c1-4-30(33)38-23-10-9-22-37-28-16-18-29(19-17-28)40-31(34)20-13-26-11-14-27(15-12-26)36-21-7-5-6-8-24-39-32(35)25(2)3/h4,11-20H,1-2,5-10,21-24H2,3H3/b20-13+. The van der Waals surface area contributed by atoms with Crippen LogP contribution in [0, 0.1) is 0 Å². The topological polar surface area (TPSA) is 88.1 Å². The van der Waals surface area contributed by atoms with Gasteiger partial charge in [0, 0.05) is 16.5 Å². The quantitative estimate of drug-likeness (QED) is 0.0780. The lowest BCUT2D eigenvalue weighted by Gasteiger charge is -2.07. The summed E-state index contributed by atoms with van der Waals surface area (Å²) in [5.74, 6) is 0.752. The van der Waals surface area contributed by atoms with Crippen LogP contribution < -0.4 is 9.47 Å². The third kappa shape index (κ3) is 14.4. The van der Waals surface area contributed by atoms with E-state index in [1.54, 1.807) is 19.1 Å². The number of carbonyl (C=O) groups is 3. The van der Waals surface area contributed by atoms with E-state index in [0.717, 1.165) is 71.9 Å². The maximum absolute atomic E-state index is 12.4. The maximum atomic E-state index is 12.4. The molecular formula is C32H38O7S. The van der Waals surface area contributed by atoms with E-state index in [1.165, 1.54) is 0 Å². The molecule has 2 aromatic rings. The predicted octanol–water partition coefficient (Wildman–Crippen LogP) is 6.97. The summed E-state index contributed by atoms with van der Waals surface area (Å²) in [6.45, 7) is 10.4. The van der Waals surface area contributed by atoms with Gasteiger partial charge in [-0.05, 0) is 105 Å². The third-order valence-electron chi connectivity index (χ3n) is 5.44. The minimum absolute atomic E-state index is 0.0718. The monoisotopic (exact) mass is 566 g/mol. The van der Waals surface area contributed by atoms with Gasteiger partial charge in [-0.25, -0.2) is 9.59 Å². The van der Waals surface area contributed by atoms with Gasteiger partial charge in [0.1, 0.15) is 11.5 Å². The lowest BCUT2D eigenvalue weighted by molar-refractivity contribution is -0.139. The Labute approximate surface area is 241 Å². The largest absolute Gasteiger partial charge is 0.494 e. The lowest BCUT2D eigenvalue weighted by Crippen LogP contribution is -2.06. The molecule has 0 fully saturated rings. The van der Waals surface area contributed by atoms with Crippen LogP contribution in [0.3, 0.4) is 0 Å². The van der Waals surface area contributed by atoms with Gasteiger partial charge in [-0.3, -0.25) is 4.79 Å². The Morgan fingerprint density at radius 2 is 1.27 bits per heavy atom. The molecule has 214 valence electrons. The van der Waals surface area contributed by atoms with E-state index < -0.39 is 5.97 Å². The zero-order chi connectivity index (χ0) is 29.0. The molecule has 2 aromatic carbocycles. The highest BCUT2D eigenvalue weighted by Gasteiger charge is 2.04. The average molecular weight is 567 g/mol. The van der Waals surface area contributed by atoms with Gasteiger partial charge in [-0.15, -0.1) is 0 Å². The predicted molar refractivity (Wildman–Crippen MR) is 158 cm³/mol. The van der Waals surface area contributed by atoms with Crippen molar-refractivity contribution >= 4 is 34.9 Å². The van der Waals surface area contributed by atoms with Gasteiger partial charge in [-0.2, -0.15) is 0 Å². The first-order chi connectivity index (χ1) is 19.4. The van der Waals surface area contributed by atoms with Crippen molar-refractivity contribution in [3.05, 3.63) is 85.0 Å². The highest BCUT2D eigenvalue weighted by Crippen LogP contribution is 2.23. The van der Waals surface area contributed by atoms with Crippen molar-refractivity contribution in [2.75, 3.05) is 26.4 Å². The lowest BCUT2D eigenvalue weighted by atomic mass is 10.2. The molecule has 0 aliphatic rings. The normalized spacial score (nSPS) is 10.6. The minimum atomic E-state index is -0.418. The molecule has 0 bridgehead atoms. The van der Waals surface area contributed by atoms with Crippen LogP contribution in [0.25, 0.3) is 6.08 Å². The Morgan fingerprint density at radius 1 is 0.750 bits per heavy atom. The first kappa shape index (κ1) is 32.4. The Bertz CT molecular complexity index is 1120. The fraction of sp³-hybridized carbons (Fsp3) is 0.344. The molecule has 0 saturated carbocycles. The fourth-order valence-corrected chi connectivity index (χ4v) is 3.90. The van der Waals surface area contributed by atoms with Crippen molar-refractivity contribution in [1.82, 2.24) is 0 Å². The molecule has 0 N–H and O–H groups in total. The van der Waals surface area contributed by atoms with E-state index in [1.807, 2.05) is 48.5 Å². The van der Waals surface area contributed by atoms with Crippen LogP contribution >= 0.6 is 11.8 Å². The summed E-state index contributed by atoms with van der Waals surface area (Å²) in [4.78, 5) is 35.5. The van der Waals surface area contributed by atoms with E-state index in [9.17, 15) is 14.4 Å². The molecule has 7 nitrogen and oxygen atoms in total. The molecule has 0 amide bonds. The number of esters is 2. The highest BCUT2D eigenvalue weighted by molar-refractivity contribution is 8.14. The molecule has 0 radical (unpaired) electrons. The first-order valence-corrected chi connectivity index (χ1v) is 14.2. The molecule has 8 heteroatoms. The SMILES string of the molecule is C=CC(=O)OCCCCOc1ccc(SC(=O)/C=C/c2ccc(OCCCCCCOC(=O)C(=C)C)cc2)cc1. The second-order valence-corrected chi connectivity index (χ2v) is 9.98. The molecule has 0 heterocycles. The molecule has 0 aromatic heterocycles. The van der Waals surface area contributed by atoms with Crippen LogP contribution in [0.5, 0.6) is 11.5 Å². The molecular weight excluding hydrogens is 528 g/mol. The second-order valence-electron chi connectivity index (χ2n) is 8.90. The van der Waals surface area contributed by atoms with Crippen LogP contribution in [0.4, 0.5) is 0 Å². The molecule has 2 rings (SSSR count). The molecule has 0 spiro atoms. The van der Waals surface area contributed by atoms with E-state index in [0.29, 0.717) is 38.4 Å². The Morgan fingerprint density at radius 3 is 1.88 bits per heavy atom. The van der Waals surface area contributed by atoms with Gasteiger partial charge < -0.3 is 18.9 Å². The number of benzene rings is 2. The van der Waals surface area contributed by atoms with E-state index >= 15 is 0 Å². The van der Waals surface area contributed by atoms with Crippen molar-refractivity contribution in [1.29, 1.82) is 0 Å². The Balaban J connectivity index is 1.60. The molecule has 0 unspecified atom stereocenters. The third-order valence-corrected chi connectivity index (χ3v) is 6.29. The maximum Gasteiger partial charge on any atom is 0.333 e. The average Bonchev–Trinajstić information content (AvgIpc) is 2.96. The smallest absolute Gasteiger partial charge is 0.333 e. The Kier molecular flexibility index (Phi) is 15.7. The summed E-state index contributed by atoms with van der Waals surface area (Å²) in [6.07, 6.45) is 9.67. The number of hydrogen-bond acceptors (Lipinski definition) is 8. The summed E-state index contributed by atoms with van der Waals surface area (Å²) >= 11 is 1.15. The number of hydrogen-bond donors (Lipinski definition) is 0. The number of thioether (sulfide) groups is 1. The van der Waals surface area contributed by atoms with Gasteiger partial charge in [0.25, 0.3) is 0 Å². The minimum Gasteiger partial charge on any atom is -0.494 e. The van der Waals surface area contributed by atoms with Crippen molar-refractivity contribution in [3.63, 3.8) is 0 Å². The summed E-state index contributed by atoms with van der Waals surface area (Å²) in [6, 6.07) is 15.0. The van der Waals surface area contributed by atoms with Crippen LogP contribution in [-0.2, 0) is 23.9 Å². The van der Waals surface area contributed by atoms with E-state index in [-0.39, 0.29) is 11.1 Å². The molecule has 0 aliphatic heterocycles. The van der Waals surface area contributed by atoms with Crippen molar-refractivity contribution < 1.29 is 33.3 Å². The molecule has 40 heavy (non-hydrogen) atoms. The first-order valence-electron chi connectivity index (χ1n) is 13.3. The molecule has 0 atom stereocenters. The fourth-order valence-electron chi connectivity index (χ4n) is 3.26. The number of ether oxygens (including phenoxy) is 4. The number of unbranched alkanes of at least 4 members (excludes halogenated alkanes) is 4. The van der Waals surface area contributed by atoms with Crippen molar-refractivity contribution in [2.24, 2.45) is 0 Å². The summed E-state index contributed by atoms with van der Waals surface area (Å²) in [5, 5.41) is -0.0718. The number of rotatable bonds is 19. The summed E-state index contributed by atoms with van der Waals surface area (Å²) < 4.78 is 21.5. The Hall–Kier alpha value is -3.78. The molecule has 0 saturated heterocycles. The van der Waals surface area contributed by atoms with Crippen LogP contribution in [0.1, 0.15) is 51.0 Å². The zero-order valence-corrected chi connectivity index (χ0v) is 23.9. The van der Waals surface area contributed by atoms with Crippen molar-refractivity contribution in [2.45, 2.75) is 50.3 Å². The second kappa shape index (κ2) is 19.3. The van der Waals surface area contributed by atoms with Gasteiger partial charge in [-0.1, -0.05) is 31.4 Å². The zero-order valence-electron chi connectivity index (χ0n) is 23.1. The highest BCUT2D eigenvalue weighted by atomic mass is 32.2. The summed E-state index contributed by atoms with van der Waals surface area (Å²) in [5.41, 5.74) is 1.33. The van der Waals surface area contributed by atoms with Gasteiger partial charge in [0.15, 0.2) is 0 Å². The van der Waals surface area contributed by atoms with E-state index in [4.69, 9.17) is 18.9 Å². The van der Waals surface area contributed by atoms with Crippen LogP contribution in [0.15, 0.2) is 84.3 Å². The van der Waals surface area contributed by atoms with Crippen LogP contribution in [0.2, 0.25) is 0 Å². The number of carbonyl (C=O) groups excluding carboxylic acids is 3. The van der Waals surface area contributed by atoms with Crippen molar-refractivity contribution in [3.8, 4) is 11.5 Å². The van der Waals surface area contributed by atoms with Gasteiger partial charge >= 0.3 is 11.9 Å². The van der Waals surface area contributed by atoms with E-state index in [2.05, 4.69) is 13.2 Å². The van der Waals surface area contributed by atoms with Gasteiger partial charge in [0.05, 0.1) is 26.4 Å². The van der Waals surface area contributed by atoms with Gasteiger partial charge in [0.2, 0.25) is 5.12 Å². The summed E-state index contributed by atoms with van der Waals surface area (Å²) in [7, 11) is 0. The van der Waals surface area contributed by atoms with Crippen LogP contribution in [-0.4, -0.2) is 43.5 Å². The molecule has 0 aliphatic carbocycles.